The second-order valence-corrected chi connectivity index (χ2v) is 7.75. The van der Waals surface area contributed by atoms with Gasteiger partial charge in [-0.3, -0.25) is 0 Å². The molecule has 0 spiro atoms. The number of hydrogen-bond acceptors (Lipinski definition) is 0. The Morgan fingerprint density at radius 1 is 1.07 bits per heavy atom. The van der Waals surface area contributed by atoms with Gasteiger partial charge in [-0.1, -0.05) is 55.7 Å². The van der Waals surface area contributed by atoms with E-state index in [1.54, 1.807) is 6.08 Å². The highest BCUT2D eigenvalue weighted by atomic mass is 14.3. The maximum absolute atomic E-state index is 4.49. The van der Waals surface area contributed by atoms with E-state index in [-0.39, 0.29) is 0 Å². The number of rotatable bonds is 1. The third-order valence-electron chi connectivity index (χ3n) is 5.92. The second kappa shape index (κ2) is 7.56. The van der Waals surface area contributed by atoms with Gasteiger partial charge in [0.2, 0.25) is 0 Å². The number of fused-ring (bicyclic) bond motifs is 3. The molecule has 0 nitrogen and oxygen atoms in total. The Labute approximate surface area is 163 Å². The van der Waals surface area contributed by atoms with Crippen molar-refractivity contribution in [2.45, 2.75) is 40.0 Å². The van der Waals surface area contributed by atoms with Gasteiger partial charge in [0.05, 0.1) is 0 Å². The number of allylic oxidation sites excluding steroid dienone is 2. The lowest BCUT2D eigenvalue weighted by Gasteiger charge is -2.27. The van der Waals surface area contributed by atoms with Crippen LogP contribution in [0.5, 0.6) is 0 Å². The van der Waals surface area contributed by atoms with E-state index < -0.39 is 0 Å². The van der Waals surface area contributed by atoms with E-state index >= 15 is 0 Å². The molecule has 3 aromatic rings. The molecule has 27 heavy (non-hydrogen) atoms. The summed E-state index contributed by atoms with van der Waals surface area (Å²) in [6.45, 7) is 22.8. The zero-order valence-corrected chi connectivity index (χ0v) is 17.0. The van der Waals surface area contributed by atoms with E-state index in [9.17, 15) is 0 Å². The van der Waals surface area contributed by atoms with Gasteiger partial charge in [0.1, 0.15) is 0 Å². The quantitative estimate of drug-likeness (QED) is 0.372. The molecule has 0 saturated carbocycles. The van der Waals surface area contributed by atoms with Crippen molar-refractivity contribution in [1.29, 1.82) is 0 Å². The molecule has 0 aliphatic heterocycles. The van der Waals surface area contributed by atoms with Gasteiger partial charge in [-0.25, -0.2) is 0 Å². The topological polar surface area (TPSA) is 0 Å². The SMILES string of the molecule is C=C(C)C1CCc2c(c(=C)c3cc4ccccc4c(C)c3c2=C)C1.C=CC. The van der Waals surface area contributed by atoms with Gasteiger partial charge in [-0.2, -0.15) is 0 Å². The Morgan fingerprint density at radius 2 is 1.74 bits per heavy atom. The molecule has 0 heteroatoms. The van der Waals surface area contributed by atoms with Crippen LogP contribution in [0.3, 0.4) is 0 Å². The fraction of sp³-hybridized carbons (Fsp3) is 0.259. The Bertz CT molecular complexity index is 1140. The summed E-state index contributed by atoms with van der Waals surface area (Å²) in [5.74, 6) is 0.580. The molecule has 1 aliphatic rings. The van der Waals surface area contributed by atoms with Crippen LogP contribution in [0.2, 0.25) is 0 Å². The standard InChI is InChI=1S/C24H24.C3H6/c1-14(2)18-10-11-21-17(5)24-16(4)20-9-7-6-8-19(20)13-23(24)15(3)22(21)12-18;1-3-2/h6-9,13,18H,1,3,5,10-12H2,2,4H3;3H,1H2,2H3. The van der Waals surface area contributed by atoms with Crippen LogP contribution in [-0.4, -0.2) is 0 Å². The van der Waals surface area contributed by atoms with Crippen LogP contribution in [0.1, 0.15) is 37.0 Å². The van der Waals surface area contributed by atoms with E-state index in [1.807, 2.05) is 6.92 Å². The predicted molar refractivity (Wildman–Crippen MR) is 123 cm³/mol. The fourth-order valence-corrected chi connectivity index (χ4v) is 4.47. The van der Waals surface area contributed by atoms with Crippen LogP contribution in [0, 0.1) is 12.8 Å². The molecule has 0 amide bonds. The molecule has 3 aromatic carbocycles. The minimum absolute atomic E-state index is 0.580. The van der Waals surface area contributed by atoms with Crippen molar-refractivity contribution < 1.29 is 0 Å². The fourth-order valence-electron chi connectivity index (χ4n) is 4.47. The van der Waals surface area contributed by atoms with Crippen LogP contribution in [0.25, 0.3) is 34.7 Å². The average molecular weight is 355 g/mol. The first kappa shape index (κ1) is 19.2. The molecule has 0 radical (unpaired) electrons. The first-order valence-corrected chi connectivity index (χ1v) is 9.76. The maximum Gasteiger partial charge on any atom is -0.00729 e. The second-order valence-electron chi connectivity index (χ2n) is 7.75. The third kappa shape index (κ3) is 3.25. The number of aryl methyl sites for hydroxylation is 1. The molecule has 0 bridgehead atoms. The summed E-state index contributed by atoms with van der Waals surface area (Å²) in [6, 6.07) is 10.9. The van der Waals surface area contributed by atoms with Crippen molar-refractivity contribution in [3.8, 4) is 0 Å². The molecule has 1 unspecified atom stereocenters. The maximum atomic E-state index is 4.49. The minimum Gasteiger partial charge on any atom is -0.103 e. The molecule has 0 N–H and O–H groups in total. The number of benzene rings is 3. The average Bonchev–Trinajstić information content (AvgIpc) is 2.66. The van der Waals surface area contributed by atoms with Crippen LogP contribution in [0.4, 0.5) is 0 Å². The summed E-state index contributed by atoms with van der Waals surface area (Å²) in [6.07, 6.45) is 5.09. The molecule has 4 rings (SSSR count). The van der Waals surface area contributed by atoms with Crippen molar-refractivity contribution in [1.82, 2.24) is 0 Å². The lowest BCUT2D eigenvalue weighted by atomic mass is 9.77. The van der Waals surface area contributed by atoms with E-state index in [2.05, 4.69) is 70.5 Å². The van der Waals surface area contributed by atoms with Gasteiger partial charge in [0.15, 0.2) is 0 Å². The highest BCUT2D eigenvalue weighted by Gasteiger charge is 2.22. The highest BCUT2D eigenvalue weighted by molar-refractivity contribution is 6.03. The molecule has 0 fully saturated rings. The summed E-state index contributed by atoms with van der Waals surface area (Å²) in [5.41, 5.74) is 5.48. The molecule has 0 heterocycles. The Morgan fingerprint density at radius 3 is 2.41 bits per heavy atom. The smallest absolute Gasteiger partial charge is 0.00729 e. The van der Waals surface area contributed by atoms with E-state index in [0.717, 1.165) is 12.8 Å². The van der Waals surface area contributed by atoms with Crippen LogP contribution >= 0.6 is 0 Å². The van der Waals surface area contributed by atoms with Gasteiger partial charge in [-0.05, 0) is 101 Å². The molecule has 1 atom stereocenters. The first-order chi connectivity index (χ1) is 12.9. The lowest BCUT2D eigenvalue weighted by Crippen LogP contribution is -2.29. The van der Waals surface area contributed by atoms with Crippen LogP contribution < -0.4 is 10.4 Å². The van der Waals surface area contributed by atoms with Crippen molar-refractivity contribution >= 4 is 34.7 Å². The molecule has 0 aromatic heterocycles. The zero-order valence-electron chi connectivity index (χ0n) is 17.0. The summed E-state index contributed by atoms with van der Waals surface area (Å²) in [5, 5.41) is 7.62. The largest absolute Gasteiger partial charge is 0.103 e. The van der Waals surface area contributed by atoms with E-state index in [0.29, 0.717) is 5.92 Å². The van der Waals surface area contributed by atoms with Crippen molar-refractivity contribution in [3.63, 3.8) is 0 Å². The summed E-state index contributed by atoms with van der Waals surface area (Å²) in [7, 11) is 0. The third-order valence-corrected chi connectivity index (χ3v) is 5.92. The minimum atomic E-state index is 0.580. The Balaban J connectivity index is 0.000000659. The van der Waals surface area contributed by atoms with E-state index in [1.165, 1.54) is 60.7 Å². The Kier molecular flexibility index (Phi) is 5.37. The van der Waals surface area contributed by atoms with Crippen LogP contribution in [-0.2, 0) is 12.8 Å². The lowest BCUT2D eigenvalue weighted by molar-refractivity contribution is 0.525. The predicted octanol–water partition coefficient (Wildman–Crippen LogP) is 6.00. The first-order valence-electron chi connectivity index (χ1n) is 9.76. The highest BCUT2D eigenvalue weighted by Crippen LogP contribution is 2.30. The van der Waals surface area contributed by atoms with Gasteiger partial charge >= 0.3 is 0 Å². The monoisotopic (exact) mass is 354 g/mol. The van der Waals surface area contributed by atoms with Gasteiger partial charge in [-0.15, -0.1) is 6.58 Å². The summed E-state index contributed by atoms with van der Waals surface area (Å²) in [4.78, 5) is 0. The van der Waals surface area contributed by atoms with Crippen LogP contribution in [0.15, 0.2) is 55.1 Å². The molecule has 1 aliphatic carbocycles. The zero-order chi connectivity index (χ0) is 19.7. The van der Waals surface area contributed by atoms with Crippen molar-refractivity contribution in [2.24, 2.45) is 5.92 Å². The molecule has 138 valence electrons. The van der Waals surface area contributed by atoms with Gasteiger partial charge < -0.3 is 0 Å². The Hall–Kier alpha value is -2.60. The molecular weight excluding hydrogens is 324 g/mol. The van der Waals surface area contributed by atoms with Crippen molar-refractivity contribution in [3.05, 3.63) is 82.3 Å². The van der Waals surface area contributed by atoms with E-state index in [4.69, 9.17) is 0 Å². The molecular formula is C27H30. The normalized spacial score (nSPS) is 15.7. The summed E-state index contributed by atoms with van der Waals surface area (Å²) < 4.78 is 0. The van der Waals surface area contributed by atoms with Crippen molar-refractivity contribution in [2.75, 3.05) is 0 Å². The molecule has 0 saturated heterocycles. The van der Waals surface area contributed by atoms with Gasteiger partial charge in [0, 0.05) is 0 Å². The van der Waals surface area contributed by atoms with Gasteiger partial charge in [0.25, 0.3) is 0 Å². The number of hydrogen-bond donors (Lipinski definition) is 0. The summed E-state index contributed by atoms with van der Waals surface area (Å²) >= 11 is 0.